The molecule has 3 saturated heterocycles. The molecule has 0 atom stereocenters. The van der Waals surface area contributed by atoms with Gasteiger partial charge in [-0.1, -0.05) is 13.8 Å². The molecule has 10 heteroatoms. The summed E-state index contributed by atoms with van der Waals surface area (Å²) in [6.07, 6.45) is 2.08. The van der Waals surface area contributed by atoms with Gasteiger partial charge in [0.25, 0.3) is 5.91 Å². The number of rotatable bonds is 6. The SMILES string of the molecule is COc1ccc(C(=O)N2CCC(CN3CCN(C(=O)C(C)C)CC3)CC2)cc1N1CCC(=O)NC1=O. The first-order chi connectivity index (χ1) is 17.3. The van der Waals surface area contributed by atoms with Gasteiger partial charge in [0, 0.05) is 70.3 Å². The van der Waals surface area contributed by atoms with Gasteiger partial charge >= 0.3 is 6.03 Å². The smallest absolute Gasteiger partial charge is 0.328 e. The van der Waals surface area contributed by atoms with Crippen LogP contribution in [0.3, 0.4) is 0 Å². The van der Waals surface area contributed by atoms with Crippen LogP contribution in [0.15, 0.2) is 18.2 Å². The number of nitrogens with zero attached hydrogens (tertiary/aromatic N) is 4. The average Bonchev–Trinajstić information content (AvgIpc) is 2.88. The lowest BCUT2D eigenvalue weighted by Crippen LogP contribution is -2.51. The Morgan fingerprint density at radius 2 is 1.69 bits per heavy atom. The maximum Gasteiger partial charge on any atom is 0.328 e. The monoisotopic (exact) mass is 499 g/mol. The first-order valence-corrected chi connectivity index (χ1v) is 12.9. The number of nitrogens with one attached hydrogen (secondary N) is 1. The summed E-state index contributed by atoms with van der Waals surface area (Å²) in [6.45, 7) is 9.90. The van der Waals surface area contributed by atoms with Crippen LogP contribution in [0, 0.1) is 11.8 Å². The van der Waals surface area contributed by atoms with Gasteiger partial charge in [-0.3, -0.25) is 29.5 Å². The lowest BCUT2D eigenvalue weighted by atomic mass is 9.95. The highest BCUT2D eigenvalue weighted by Gasteiger charge is 2.30. The third-order valence-electron chi connectivity index (χ3n) is 7.37. The van der Waals surface area contributed by atoms with Crippen molar-refractivity contribution < 1.29 is 23.9 Å². The third kappa shape index (κ3) is 5.80. The topological polar surface area (TPSA) is 102 Å². The summed E-state index contributed by atoms with van der Waals surface area (Å²) in [6, 6.07) is 4.59. The summed E-state index contributed by atoms with van der Waals surface area (Å²) in [5.41, 5.74) is 0.984. The number of likely N-dealkylation sites (tertiary alicyclic amines) is 1. The van der Waals surface area contributed by atoms with Crippen molar-refractivity contribution in [2.24, 2.45) is 11.8 Å². The van der Waals surface area contributed by atoms with Crippen LogP contribution in [0.5, 0.6) is 5.75 Å². The molecule has 196 valence electrons. The normalized spacial score (nSPS) is 20.1. The Hall–Kier alpha value is -3.14. The van der Waals surface area contributed by atoms with E-state index in [0.717, 1.165) is 45.6 Å². The molecule has 0 aliphatic carbocycles. The van der Waals surface area contributed by atoms with E-state index in [1.807, 2.05) is 23.6 Å². The molecule has 1 N–H and O–H groups in total. The van der Waals surface area contributed by atoms with Crippen molar-refractivity contribution in [2.75, 3.05) is 64.4 Å². The van der Waals surface area contributed by atoms with Crippen LogP contribution >= 0.6 is 0 Å². The van der Waals surface area contributed by atoms with Gasteiger partial charge in [0.05, 0.1) is 12.8 Å². The zero-order chi connectivity index (χ0) is 25.8. The van der Waals surface area contributed by atoms with Crippen molar-refractivity contribution >= 4 is 29.4 Å². The summed E-state index contributed by atoms with van der Waals surface area (Å²) in [5.74, 6) is 0.911. The zero-order valence-electron chi connectivity index (χ0n) is 21.5. The lowest BCUT2D eigenvalue weighted by Gasteiger charge is -2.39. The number of methoxy groups -OCH3 is 1. The van der Waals surface area contributed by atoms with Gasteiger partial charge in [0.2, 0.25) is 11.8 Å². The first-order valence-electron chi connectivity index (χ1n) is 12.9. The molecule has 4 rings (SSSR count). The third-order valence-corrected chi connectivity index (χ3v) is 7.37. The molecule has 0 aromatic heterocycles. The molecule has 3 aliphatic heterocycles. The molecule has 1 aromatic carbocycles. The van der Waals surface area contributed by atoms with E-state index >= 15 is 0 Å². The van der Waals surface area contributed by atoms with Crippen LogP contribution in [-0.2, 0) is 9.59 Å². The quantitative estimate of drug-likeness (QED) is 0.640. The summed E-state index contributed by atoms with van der Waals surface area (Å²) in [4.78, 5) is 57.1. The molecule has 3 aliphatic rings. The number of amides is 5. The number of benzene rings is 1. The number of hydrogen-bond donors (Lipinski definition) is 1. The molecule has 36 heavy (non-hydrogen) atoms. The fourth-order valence-corrected chi connectivity index (χ4v) is 5.21. The van der Waals surface area contributed by atoms with Gasteiger partial charge in [-0.25, -0.2) is 4.79 Å². The highest BCUT2D eigenvalue weighted by Crippen LogP contribution is 2.31. The zero-order valence-corrected chi connectivity index (χ0v) is 21.5. The molecule has 0 bridgehead atoms. The standard InChI is InChI=1S/C26H37N5O5/c1-18(2)24(33)30-14-12-28(13-15-30)17-19-6-9-29(10-7-19)25(34)20-4-5-22(36-3)21(16-20)31-11-8-23(32)27-26(31)35/h4-5,16,18-19H,6-15,17H2,1-3H3,(H,27,32,35). The molecule has 3 heterocycles. The lowest BCUT2D eigenvalue weighted by molar-refractivity contribution is -0.136. The molecule has 0 spiro atoms. The number of carbonyl (C=O) groups excluding carboxylic acids is 4. The Kier molecular flexibility index (Phi) is 8.13. The number of urea groups is 1. The van der Waals surface area contributed by atoms with E-state index in [2.05, 4.69) is 10.2 Å². The van der Waals surface area contributed by atoms with E-state index in [1.165, 1.54) is 12.0 Å². The second-order valence-electron chi connectivity index (χ2n) is 10.2. The van der Waals surface area contributed by atoms with Crippen molar-refractivity contribution in [3.63, 3.8) is 0 Å². The molecule has 0 radical (unpaired) electrons. The van der Waals surface area contributed by atoms with Crippen LogP contribution in [-0.4, -0.2) is 97.9 Å². The van der Waals surface area contributed by atoms with E-state index in [1.54, 1.807) is 18.2 Å². The summed E-state index contributed by atoms with van der Waals surface area (Å²) in [5, 5.41) is 2.32. The Morgan fingerprint density at radius 1 is 1.00 bits per heavy atom. The minimum absolute atomic E-state index is 0.0430. The molecule has 3 fully saturated rings. The molecule has 5 amide bonds. The second-order valence-corrected chi connectivity index (χ2v) is 10.2. The van der Waals surface area contributed by atoms with Crippen molar-refractivity contribution in [3.05, 3.63) is 23.8 Å². The Labute approximate surface area is 212 Å². The Balaban J connectivity index is 1.31. The van der Waals surface area contributed by atoms with Crippen molar-refractivity contribution in [1.29, 1.82) is 0 Å². The van der Waals surface area contributed by atoms with Gasteiger partial charge in [0.1, 0.15) is 5.75 Å². The molecular formula is C26H37N5O5. The Bertz CT molecular complexity index is 996. The number of carbonyl (C=O) groups is 4. The fraction of sp³-hybridized carbons (Fsp3) is 0.615. The molecule has 10 nitrogen and oxygen atoms in total. The highest BCUT2D eigenvalue weighted by molar-refractivity contribution is 6.07. The molecule has 0 unspecified atom stereocenters. The number of ether oxygens (including phenoxy) is 1. The minimum atomic E-state index is -0.510. The van der Waals surface area contributed by atoms with Gasteiger partial charge in [-0.15, -0.1) is 0 Å². The number of hydrogen-bond acceptors (Lipinski definition) is 6. The maximum absolute atomic E-state index is 13.3. The molecule has 0 saturated carbocycles. The van der Waals surface area contributed by atoms with E-state index in [0.29, 0.717) is 36.0 Å². The molecule has 1 aromatic rings. The maximum atomic E-state index is 13.3. The largest absolute Gasteiger partial charge is 0.495 e. The van der Waals surface area contributed by atoms with Crippen molar-refractivity contribution in [3.8, 4) is 5.75 Å². The average molecular weight is 500 g/mol. The number of imide groups is 1. The first kappa shape index (κ1) is 25.9. The predicted molar refractivity (Wildman–Crippen MR) is 135 cm³/mol. The second kappa shape index (κ2) is 11.3. The van der Waals surface area contributed by atoms with E-state index in [-0.39, 0.29) is 36.6 Å². The van der Waals surface area contributed by atoms with Crippen molar-refractivity contribution in [2.45, 2.75) is 33.1 Å². The summed E-state index contributed by atoms with van der Waals surface area (Å²) >= 11 is 0. The van der Waals surface area contributed by atoms with Crippen LogP contribution in [0.1, 0.15) is 43.5 Å². The van der Waals surface area contributed by atoms with E-state index in [4.69, 9.17) is 4.74 Å². The van der Waals surface area contributed by atoms with Crippen LogP contribution in [0.2, 0.25) is 0 Å². The summed E-state index contributed by atoms with van der Waals surface area (Å²) < 4.78 is 5.41. The number of piperazine rings is 1. The summed E-state index contributed by atoms with van der Waals surface area (Å²) in [7, 11) is 1.51. The van der Waals surface area contributed by atoms with Gasteiger partial charge in [-0.2, -0.15) is 0 Å². The Morgan fingerprint density at radius 3 is 2.31 bits per heavy atom. The van der Waals surface area contributed by atoms with Gasteiger partial charge < -0.3 is 14.5 Å². The minimum Gasteiger partial charge on any atom is -0.495 e. The van der Waals surface area contributed by atoms with Gasteiger partial charge in [-0.05, 0) is 37.0 Å². The van der Waals surface area contributed by atoms with Crippen LogP contribution in [0.4, 0.5) is 10.5 Å². The van der Waals surface area contributed by atoms with E-state index < -0.39 is 6.03 Å². The fourth-order valence-electron chi connectivity index (χ4n) is 5.21. The number of anilines is 1. The van der Waals surface area contributed by atoms with Gasteiger partial charge in [0.15, 0.2) is 0 Å². The number of piperidine rings is 1. The van der Waals surface area contributed by atoms with Crippen LogP contribution in [0.25, 0.3) is 0 Å². The highest BCUT2D eigenvalue weighted by atomic mass is 16.5. The van der Waals surface area contributed by atoms with E-state index in [9.17, 15) is 19.2 Å². The predicted octanol–water partition coefficient (Wildman–Crippen LogP) is 1.79. The van der Waals surface area contributed by atoms with Crippen molar-refractivity contribution in [1.82, 2.24) is 20.0 Å². The van der Waals surface area contributed by atoms with Crippen LogP contribution < -0.4 is 15.0 Å². The molecular weight excluding hydrogens is 462 g/mol.